The van der Waals surface area contributed by atoms with E-state index in [-0.39, 0.29) is 0 Å². The van der Waals surface area contributed by atoms with Crippen molar-refractivity contribution in [3.63, 3.8) is 0 Å². The van der Waals surface area contributed by atoms with Crippen molar-refractivity contribution in [2.24, 2.45) is 0 Å². The molecule has 0 atom stereocenters. The number of ether oxygens (including phenoxy) is 1. The Balaban J connectivity index is 2.07. The van der Waals surface area contributed by atoms with Gasteiger partial charge in [0.1, 0.15) is 5.75 Å². The molecule has 4 nitrogen and oxygen atoms in total. The molecule has 0 unspecified atom stereocenters. The number of carbonyl (C=O) groups is 1. The molecule has 1 rings (SSSR count). The van der Waals surface area contributed by atoms with Crippen molar-refractivity contribution in [3.05, 3.63) is 28.7 Å². The Hall–Kier alpha value is -1.23. The fraction of sp³-hybridized carbons (Fsp3) is 0.364. The molecule has 2 N–H and O–H groups in total. The van der Waals surface area contributed by atoms with Gasteiger partial charge in [0.05, 0.1) is 6.61 Å². The van der Waals surface area contributed by atoms with Gasteiger partial charge in [0, 0.05) is 11.0 Å². The Labute approximate surface area is 103 Å². The first kappa shape index (κ1) is 12.8. The summed E-state index contributed by atoms with van der Waals surface area (Å²) in [5, 5.41) is 10.6. The molecule has 1 aromatic rings. The van der Waals surface area contributed by atoms with Crippen LogP contribution >= 0.6 is 15.9 Å². The van der Waals surface area contributed by atoms with Crippen molar-refractivity contribution < 1.29 is 14.6 Å². The van der Waals surface area contributed by atoms with E-state index < -0.39 is 6.09 Å². The van der Waals surface area contributed by atoms with Crippen LogP contribution in [0.15, 0.2) is 28.7 Å². The number of hydrogen-bond donors (Lipinski definition) is 2. The van der Waals surface area contributed by atoms with Crippen molar-refractivity contribution in [1.29, 1.82) is 0 Å². The quantitative estimate of drug-likeness (QED) is 0.791. The minimum Gasteiger partial charge on any atom is -0.494 e. The number of nitrogens with one attached hydrogen (secondary N) is 1. The highest BCUT2D eigenvalue weighted by molar-refractivity contribution is 9.10. The fourth-order valence-electron chi connectivity index (χ4n) is 1.14. The summed E-state index contributed by atoms with van der Waals surface area (Å²) in [6.45, 7) is 1.07. The molecule has 0 spiro atoms. The summed E-state index contributed by atoms with van der Waals surface area (Å²) in [6, 6.07) is 7.61. The first-order valence-corrected chi connectivity index (χ1v) is 5.83. The van der Waals surface area contributed by atoms with Gasteiger partial charge >= 0.3 is 6.09 Å². The number of carboxylic acid groups (broad SMARTS) is 1. The molecule has 0 saturated carbocycles. The van der Waals surface area contributed by atoms with E-state index in [1.807, 2.05) is 24.3 Å². The first-order chi connectivity index (χ1) is 7.68. The maximum absolute atomic E-state index is 10.1. The Morgan fingerprint density at radius 2 is 2.00 bits per heavy atom. The Morgan fingerprint density at radius 1 is 1.31 bits per heavy atom. The molecule has 0 heterocycles. The lowest BCUT2D eigenvalue weighted by Crippen LogP contribution is -2.22. The minimum atomic E-state index is -0.978. The zero-order valence-corrected chi connectivity index (χ0v) is 10.4. The van der Waals surface area contributed by atoms with Crippen LogP contribution in [0.5, 0.6) is 5.75 Å². The standard InChI is InChI=1S/C11H14BrNO3/c12-9-3-5-10(6-4-9)16-8-2-1-7-13-11(14)15/h3-6,13H,1-2,7-8H2,(H,14,15). The van der Waals surface area contributed by atoms with E-state index >= 15 is 0 Å². The van der Waals surface area contributed by atoms with E-state index in [2.05, 4.69) is 21.2 Å². The van der Waals surface area contributed by atoms with Gasteiger partial charge in [-0.2, -0.15) is 0 Å². The second kappa shape index (κ2) is 7.11. The number of unbranched alkanes of at least 4 members (excludes halogenated alkanes) is 1. The largest absolute Gasteiger partial charge is 0.494 e. The Kier molecular flexibility index (Phi) is 5.71. The predicted molar refractivity (Wildman–Crippen MR) is 64.9 cm³/mol. The van der Waals surface area contributed by atoms with Crippen LogP contribution in [0.25, 0.3) is 0 Å². The van der Waals surface area contributed by atoms with Gasteiger partial charge in [0.15, 0.2) is 0 Å². The molecule has 88 valence electrons. The molecule has 0 aliphatic carbocycles. The van der Waals surface area contributed by atoms with Crippen LogP contribution in [0.4, 0.5) is 4.79 Å². The van der Waals surface area contributed by atoms with Crippen molar-refractivity contribution >= 4 is 22.0 Å². The highest BCUT2D eigenvalue weighted by Crippen LogP contribution is 2.16. The van der Waals surface area contributed by atoms with Crippen LogP contribution < -0.4 is 10.1 Å². The fourth-order valence-corrected chi connectivity index (χ4v) is 1.41. The average Bonchev–Trinajstić information content (AvgIpc) is 2.25. The lowest BCUT2D eigenvalue weighted by atomic mass is 10.3. The van der Waals surface area contributed by atoms with Gasteiger partial charge in [-0.05, 0) is 37.1 Å². The number of hydrogen-bond acceptors (Lipinski definition) is 2. The smallest absolute Gasteiger partial charge is 0.404 e. The van der Waals surface area contributed by atoms with Crippen LogP contribution in [-0.2, 0) is 0 Å². The van der Waals surface area contributed by atoms with E-state index in [0.717, 1.165) is 23.1 Å². The summed E-state index contributed by atoms with van der Waals surface area (Å²) < 4.78 is 6.49. The maximum Gasteiger partial charge on any atom is 0.404 e. The van der Waals surface area contributed by atoms with E-state index in [9.17, 15) is 4.79 Å². The number of amides is 1. The first-order valence-electron chi connectivity index (χ1n) is 5.03. The molecular formula is C11H14BrNO3. The summed E-state index contributed by atoms with van der Waals surface area (Å²) >= 11 is 3.34. The second-order valence-corrected chi connectivity index (χ2v) is 4.16. The van der Waals surface area contributed by atoms with Crippen LogP contribution in [0, 0.1) is 0 Å². The Bertz CT molecular complexity index is 327. The van der Waals surface area contributed by atoms with Crippen molar-refractivity contribution in [3.8, 4) is 5.75 Å². The third kappa shape index (κ3) is 5.60. The third-order valence-corrected chi connectivity index (χ3v) is 2.46. The van der Waals surface area contributed by atoms with E-state index in [4.69, 9.17) is 9.84 Å². The lowest BCUT2D eigenvalue weighted by Gasteiger charge is -2.05. The normalized spacial score (nSPS) is 9.81. The molecular weight excluding hydrogens is 274 g/mol. The summed E-state index contributed by atoms with van der Waals surface area (Å²) in [5.41, 5.74) is 0. The molecule has 0 aliphatic heterocycles. The van der Waals surface area contributed by atoms with Crippen LogP contribution in [0.1, 0.15) is 12.8 Å². The highest BCUT2D eigenvalue weighted by Gasteiger charge is 1.95. The molecule has 0 aromatic heterocycles. The number of benzene rings is 1. The van der Waals surface area contributed by atoms with E-state index in [1.165, 1.54) is 0 Å². The SMILES string of the molecule is O=C(O)NCCCCOc1ccc(Br)cc1. The molecule has 1 amide bonds. The van der Waals surface area contributed by atoms with Gasteiger partial charge in [0.2, 0.25) is 0 Å². The predicted octanol–water partition coefficient (Wildman–Crippen LogP) is 2.88. The summed E-state index contributed by atoms with van der Waals surface area (Å²) in [6.07, 6.45) is 0.632. The molecule has 16 heavy (non-hydrogen) atoms. The zero-order chi connectivity index (χ0) is 11.8. The highest BCUT2D eigenvalue weighted by atomic mass is 79.9. The minimum absolute atomic E-state index is 0.471. The molecule has 1 aromatic carbocycles. The topological polar surface area (TPSA) is 58.6 Å². The Morgan fingerprint density at radius 3 is 2.62 bits per heavy atom. The van der Waals surface area contributed by atoms with Gasteiger partial charge in [-0.25, -0.2) is 4.79 Å². The molecule has 0 saturated heterocycles. The number of halogens is 1. The van der Waals surface area contributed by atoms with Gasteiger partial charge in [0.25, 0.3) is 0 Å². The van der Waals surface area contributed by atoms with Gasteiger partial charge < -0.3 is 15.2 Å². The zero-order valence-electron chi connectivity index (χ0n) is 8.78. The summed E-state index contributed by atoms with van der Waals surface area (Å²) in [7, 11) is 0. The maximum atomic E-state index is 10.1. The van der Waals surface area contributed by atoms with Gasteiger partial charge in [-0.1, -0.05) is 15.9 Å². The van der Waals surface area contributed by atoms with Gasteiger partial charge in [-0.15, -0.1) is 0 Å². The number of rotatable bonds is 6. The molecule has 0 fully saturated rings. The second-order valence-electron chi connectivity index (χ2n) is 3.24. The lowest BCUT2D eigenvalue weighted by molar-refractivity contribution is 0.194. The van der Waals surface area contributed by atoms with Crippen molar-refractivity contribution in [1.82, 2.24) is 5.32 Å². The van der Waals surface area contributed by atoms with Crippen molar-refractivity contribution in [2.45, 2.75) is 12.8 Å². The summed E-state index contributed by atoms with van der Waals surface area (Å²) in [4.78, 5) is 10.1. The van der Waals surface area contributed by atoms with Crippen molar-refractivity contribution in [2.75, 3.05) is 13.2 Å². The van der Waals surface area contributed by atoms with Crippen LogP contribution in [0.3, 0.4) is 0 Å². The monoisotopic (exact) mass is 287 g/mol. The van der Waals surface area contributed by atoms with Gasteiger partial charge in [-0.3, -0.25) is 0 Å². The summed E-state index contributed by atoms with van der Waals surface area (Å²) in [5.74, 6) is 0.828. The van der Waals surface area contributed by atoms with Crippen LogP contribution in [0.2, 0.25) is 0 Å². The molecule has 0 radical (unpaired) electrons. The van der Waals surface area contributed by atoms with E-state index in [1.54, 1.807) is 0 Å². The average molecular weight is 288 g/mol. The molecule has 5 heteroatoms. The third-order valence-electron chi connectivity index (χ3n) is 1.93. The van der Waals surface area contributed by atoms with Crippen LogP contribution in [-0.4, -0.2) is 24.4 Å². The van der Waals surface area contributed by atoms with E-state index in [0.29, 0.717) is 13.2 Å². The molecule has 0 bridgehead atoms. The molecule has 0 aliphatic rings.